The van der Waals surface area contributed by atoms with Crippen LogP contribution in [0.1, 0.15) is 11.9 Å². The van der Waals surface area contributed by atoms with Crippen molar-refractivity contribution in [1.29, 1.82) is 0 Å². The minimum Gasteiger partial charge on any atom is -0.368 e. The van der Waals surface area contributed by atoms with Gasteiger partial charge < -0.3 is 14.6 Å². The molecule has 72 valence electrons. The predicted molar refractivity (Wildman–Crippen MR) is 49.9 cm³/mol. The van der Waals surface area contributed by atoms with Crippen LogP contribution in [0.3, 0.4) is 0 Å². The molecule has 0 amide bonds. The van der Waals surface area contributed by atoms with Crippen molar-refractivity contribution >= 4 is 17.8 Å². The van der Waals surface area contributed by atoms with Crippen molar-refractivity contribution in [2.75, 3.05) is 30.5 Å². The fourth-order valence-corrected chi connectivity index (χ4v) is 1.94. The Balaban J connectivity index is 2.05. The largest absolute Gasteiger partial charge is 0.368 e. The first-order valence-electron chi connectivity index (χ1n) is 4.11. The summed E-state index contributed by atoms with van der Waals surface area (Å²) >= 11 is 1.85. The lowest BCUT2D eigenvalue weighted by Crippen LogP contribution is -2.16. The van der Waals surface area contributed by atoms with E-state index in [0.29, 0.717) is 11.8 Å². The first-order valence-corrected chi connectivity index (χ1v) is 5.26. The normalized spacial score (nSPS) is 23.0. The fourth-order valence-electron chi connectivity index (χ4n) is 1.10. The summed E-state index contributed by atoms with van der Waals surface area (Å²) in [6.07, 6.45) is -0.00963. The highest BCUT2D eigenvalue weighted by molar-refractivity contribution is 7.99. The van der Waals surface area contributed by atoms with Crippen molar-refractivity contribution < 1.29 is 9.26 Å². The molecule has 6 heteroatoms. The van der Waals surface area contributed by atoms with Crippen molar-refractivity contribution in [2.45, 2.75) is 6.10 Å². The van der Waals surface area contributed by atoms with Crippen LogP contribution in [-0.4, -0.2) is 35.3 Å². The maximum Gasteiger partial charge on any atom is 0.321 e. The SMILES string of the molecule is CNc1nc(C2CSCCO2)no1. The quantitative estimate of drug-likeness (QED) is 0.767. The second kappa shape index (κ2) is 3.97. The van der Waals surface area contributed by atoms with Gasteiger partial charge >= 0.3 is 6.01 Å². The number of ether oxygens (including phenoxy) is 1. The molecule has 2 heterocycles. The monoisotopic (exact) mass is 201 g/mol. The van der Waals surface area contributed by atoms with Crippen LogP contribution in [0.4, 0.5) is 6.01 Å². The molecule has 5 nitrogen and oxygen atoms in total. The minimum atomic E-state index is -0.00963. The molecular formula is C7H11N3O2S. The number of hydrogen-bond donors (Lipinski definition) is 1. The van der Waals surface area contributed by atoms with Gasteiger partial charge in [0.25, 0.3) is 0 Å². The number of thioether (sulfide) groups is 1. The third kappa shape index (κ3) is 1.94. The molecule has 1 unspecified atom stereocenters. The van der Waals surface area contributed by atoms with Gasteiger partial charge in [-0.15, -0.1) is 0 Å². The Kier molecular flexibility index (Phi) is 2.70. The van der Waals surface area contributed by atoms with Gasteiger partial charge in [-0.05, 0) is 0 Å². The Morgan fingerprint density at radius 3 is 3.15 bits per heavy atom. The van der Waals surface area contributed by atoms with E-state index in [-0.39, 0.29) is 6.10 Å². The van der Waals surface area contributed by atoms with Gasteiger partial charge in [-0.25, -0.2) is 0 Å². The van der Waals surface area contributed by atoms with Crippen LogP contribution in [-0.2, 0) is 4.74 Å². The Morgan fingerprint density at radius 2 is 2.54 bits per heavy atom. The Hall–Kier alpha value is -0.750. The minimum absolute atomic E-state index is 0.00963. The van der Waals surface area contributed by atoms with Crippen LogP contribution < -0.4 is 5.32 Å². The number of aromatic nitrogens is 2. The van der Waals surface area contributed by atoms with Crippen LogP contribution in [0.2, 0.25) is 0 Å². The van der Waals surface area contributed by atoms with E-state index in [9.17, 15) is 0 Å². The average Bonchev–Trinajstić information content (AvgIpc) is 2.67. The van der Waals surface area contributed by atoms with Gasteiger partial charge in [0.1, 0.15) is 6.10 Å². The predicted octanol–water partition coefficient (Wildman–Crippen LogP) is 0.916. The smallest absolute Gasteiger partial charge is 0.321 e. The van der Waals surface area contributed by atoms with Gasteiger partial charge in [-0.3, -0.25) is 0 Å². The van der Waals surface area contributed by atoms with Crippen molar-refractivity contribution in [3.05, 3.63) is 5.82 Å². The van der Waals surface area contributed by atoms with E-state index in [2.05, 4.69) is 15.5 Å². The second-order valence-electron chi connectivity index (χ2n) is 2.64. The molecule has 1 saturated heterocycles. The van der Waals surface area contributed by atoms with Gasteiger partial charge in [0.15, 0.2) is 0 Å². The maximum atomic E-state index is 5.49. The molecule has 1 fully saturated rings. The molecular weight excluding hydrogens is 190 g/mol. The van der Waals surface area contributed by atoms with E-state index < -0.39 is 0 Å². The highest BCUT2D eigenvalue weighted by atomic mass is 32.2. The van der Waals surface area contributed by atoms with Crippen LogP contribution in [0.5, 0.6) is 0 Å². The second-order valence-corrected chi connectivity index (χ2v) is 3.79. The number of rotatable bonds is 2. The molecule has 0 aliphatic carbocycles. The summed E-state index contributed by atoms with van der Waals surface area (Å²) in [7, 11) is 1.74. The Morgan fingerprint density at radius 1 is 1.62 bits per heavy atom. The third-order valence-corrected chi connectivity index (χ3v) is 2.75. The van der Waals surface area contributed by atoms with E-state index in [1.54, 1.807) is 7.05 Å². The zero-order valence-electron chi connectivity index (χ0n) is 7.32. The number of hydrogen-bond acceptors (Lipinski definition) is 6. The summed E-state index contributed by atoms with van der Waals surface area (Å²) in [5, 5.41) is 6.61. The first-order chi connectivity index (χ1) is 6.40. The molecule has 0 saturated carbocycles. The summed E-state index contributed by atoms with van der Waals surface area (Å²) in [5.74, 6) is 2.59. The zero-order valence-corrected chi connectivity index (χ0v) is 8.13. The molecule has 0 spiro atoms. The van der Waals surface area contributed by atoms with Crippen LogP contribution in [0.25, 0.3) is 0 Å². The van der Waals surface area contributed by atoms with Crippen LogP contribution in [0.15, 0.2) is 4.52 Å². The lowest BCUT2D eigenvalue weighted by atomic mass is 10.4. The average molecular weight is 201 g/mol. The van der Waals surface area contributed by atoms with Gasteiger partial charge in [-0.2, -0.15) is 16.7 Å². The lowest BCUT2D eigenvalue weighted by molar-refractivity contribution is 0.0677. The molecule has 1 N–H and O–H groups in total. The highest BCUT2D eigenvalue weighted by Gasteiger charge is 2.21. The topological polar surface area (TPSA) is 60.2 Å². The van der Waals surface area contributed by atoms with Gasteiger partial charge in [0.05, 0.1) is 6.61 Å². The standard InChI is InChI=1S/C7H11N3O2S/c1-8-7-9-6(10-12-7)5-4-13-3-2-11-5/h5H,2-4H2,1H3,(H,8,9,10). The van der Waals surface area contributed by atoms with E-state index >= 15 is 0 Å². The van der Waals surface area contributed by atoms with Crippen molar-refractivity contribution in [2.24, 2.45) is 0 Å². The van der Waals surface area contributed by atoms with Crippen LogP contribution in [0, 0.1) is 0 Å². The summed E-state index contributed by atoms with van der Waals surface area (Å²) in [5.41, 5.74) is 0. The van der Waals surface area contributed by atoms with Crippen molar-refractivity contribution in [3.63, 3.8) is 0 Å². The third-order valence-electron chi connectivity index (χ3n) is 1.76. The lowest BCUT2D eigenvalue weighted by Gasteiger charge is -2.18. The summed E-state index contributed by atoms with van der Waals surface area (Å²) < 4.78 is 10.4. The van der Waals surface area contributed by atoms with Crippen LogP contribution >= 0.6 is 11.8 Å². The number of nitrogens with one attached hydrogen (secondary N) is 1. The van der Waals surface area contributed by atoms with Gasteiger partial charge in [-0.1, -0.05) is 5.16 Å². The summed E-state index contributed by atoms with van der Waals surface area (Å²) in [4.78, 5) is 4.13. The molecule has 0 aromatic carbocycles. The summed E-state index contributed by atoms with van der Waals surface area (Å²) in [6.45, 7) is 0.763. The number of anilines is 1. The Labute approximate surface area is 80.2 Å². The van der Waals surface area contributed by atoms with E-state index in [1.165, 1.54) is 0 Å². The Bertz CT molecular complexity index is 272. The molecule has 1 aliphatic rings. The fraction of sp³-hybridized carbons (Fsp3) is 0.714. The molecule has 1 atom stereocenters. The molecule has 1 aliphatic heterocycles. The summed E-state index contributed by atoms with van der Waals surface area (Å²) in [6, 6.07) is 0.439. The molecule has 0 bridgehead atoms. The maximum absolute atomic E-state index is 5.49. The molecule has 0 radical (unpaired) electrons. The van der Waals surface area contributed by atoms with E-state index in [0.717, 1.165) is 18.1 Å². The molecule has 13 heavy (non-hydrogen) atoms. The molecule has 1 aromatic rings. The molecule has 1 aromatic heterocycles. The highest BCUT2D eigenvalue weighted by Crippen LogP contribution is 2.24. The zero-order chi connectivity index (χ0) is 9.10. The van der Waals surface area contributed by atoms with E-state index in [1.807, 2.05) is 11.8 Å². The molecule has 2 rings (SSSR count). The van der Waals surface area contributed by atoms with Crippen molar-refractivity contribution in [3.8, 4) is 0 Å². The van der Waals surface area contributed by atoms with E-state index in [4.69, 9.17) is 9.26 Å². The van der Waals surface area contributed by atoms with Gasteiger partial charge in [0.2, 0.25) is 5.82 Å². The van der Waals surface area contributed by atoms with Gasteiger partial charge in [0, 0.05) is 18.6 Å². The van der Waals surface area contributed by atoms with Crippen molar-refractivity contribution in [1.82, 2.24) is 10.1 Å². The first kappa shape index (κ1) is 8.83. The number of nitrogens with zero attached hydrogens (tertiary/aromatic N) is 2.